The summed E-state index contributed by atoms with van der Waals surface area (Å²) < 4.78 is 58.6. The molecule has 0 unspecified atom stereocenters. The highest BCUT2D eigenvalue weighted by atomic mass is 16.8. The van der Waals surface area contributed by atoms with E-state index in [1.807, 2.05) is 0 Å². The molecule has 5 aliphatic heterocycles. The smallest absolute Gasteiger partial charge is 0.217 e. The fourth-order valence-electron chi connectivity index (χ4n) is 8.83. The minimum atomic E-state index is -2.26. The Balaban J connectivity index is 1.56. The Morgan fingerprint density at radius 2 is 0.875 bits per heavy atom. The van der Waals surface area contributed by atoms with Crippen molar-refractivity contribution in [1.29, 1.82) is 0 Å². The van der Waals surface area contributed by atoms with Crippen LogP contribution in [0.4, 0.5) is 0 Å². The molecule has 0 aromatic heterocycles. The molecule has 420 valence electrons. The summed E-state index contributed by atoms with van der Waals surface area (Å²) in [5.41, 5.74) is 0. The lowest BCUT2D eigenvalue weighted by Gasteiger charge is -2.52. The molecule has 0 spiro atoms. The van der Waals surface area contributed by atoms with Gasteiger partial charge in [0.25, 0.3) is 0 Å². The van der Waals surface area contributed by atoms with Gasteiger partial charge < -0.3 is 150 Å². The van der Waals surface area contributed by atoms with Crippen LogP contribution in [0.2, 0.25) is 0 Å². The van der Waals surface area contributed by atoms with Crippen LogP contribution < -0.4 is 10.6 Å². The van der Waals surface area contributed by atoms with E-state index in [1.165, 1.54) is 6.92 Å². The Morgan fingerprint density at radius 3 is 1.40 bits per heavy atom. The molecule has 5 fully saturated rings. The zero-order valence-corrected chi connectivity index (χ0v) is 38.9. The minimum absolute atomic E-state index is 0.800. The number of hydrogen-bond acceptors (Lipinski definition) is 30. The first-order chi connectivity index (χ1) is 34.0. The van der Waals surface area contributed by atoms with E-state index in [2.05, 4.69) is 10.6 Å². The lowest BCUT2D eigenvalue weighted by molar-refractivity contribution is -0.400. The molecule has 5 rings (SSSR count). The highest BCUT2D eigenvalue weighted by molar-refractivity contribution is 5.73. The van der Waals surface area contributed by atoms with E-state index in [-0.39, 0.29) is 0 Å². The molecule has 32 nitrogen and oxygen atoms in total. The second-order valence-corrected chi connectivity index (χ2v) is 18.0. The molecule has 0 bridgehead atoms. The van der Waals surface area contributed by atoms with Gasteiger partial charge in [-0.2, -0.15) is 0 Å². The number of rotatable bonds is 21. The quantitative estimate of drug-likeness (QED) is 0.0507. The third-order valence-corrected chi connectivity index (χ3v) is 12.8. The van der Waals surface area contributed by atoms with Gasteiger partial charge in [0, 0.05) is 13.8 Å². The van der Waals surface area contributed by atoms with Crippen molar-refractivity contribution < 1.29 is 149 Å². The molecule has 20 N–H and O–H groups in total. The zero-order valence-electron chi connectivity index (χ0n) is 38.9. The van der Waals surface area contributed by atoms with Crippen molar-refractivity contribution in [3.05, 3.63) is 0 Å². The molecular weight excluding hydrogens is 988 g/mol. The lowest BCUT2D eigenvalue weighted by Crippen LogP contribution is -2.71. The van der Waals surface area contributed by atoms with E-state index in [9.17, 15) is 102 Å². The molecule has 72 heavy (non-hydrogen) atoms. The molecule has 5 aliphatic rings. The second kappa shape index (κ2) is 26.7. The Kier molecular flexibility index (Phi) is 22.5. The van der Waals surface area contributed by atoms with Gasteiger partial charge in [0.15, 0.2) is 31.5 Å². The van der Waals surface area contributed by atoms with Crippen LogP contribution in [0, 0.1) is 0 Å². The van der Waals surface area contributed by atoms with Gasteiger partial charge in [-0.1, -0.05) is 0 Å². The van der Waals surface area contributed by atoms with Crippen molar-refractivity contribution in [3.8, 4) is 0 Å². The van der Waals surface area contributed by atoms with Crippen molar-refractivity contribution in [2.45, 2.75) is 199 Å². The van der Waals surface area contributed by atoms with Gasteiger partial charge in [0.05, 0.1) is 45.7 Å². The third-order valence-electron chi connectivity index (χ3n) is 12.8. The Labute approximate surface area is 409 Å². The van der Waals surface area contributed by atoms with E-state index < -0.39 is 229 Å². The molecule has 0 radical (unpaired) electrons. The van der Waals surface area contributed by atoms with Crippen molar-refractivity contribution in [3.63, 3.8) is 0 Å². The summed E-state index contributed by atoms with van der Waals surface area (Å²) in [6, 6.07) is -3.57. The first kappa shape index (κ1) is 60.7. The average molecular weight is 1060 g/mol. The average Bonchev–Trinajstić information content (AvgIpc) is 3.35. The topological polar surface area (TPSA) is 515 Å². The largest absolute Gasteiger partial charge is 0.394 e. The number of carbonyl (C=O) groups excluding carboxylic acids is 2. The van der Waals surface area contributed by atoms with Crippen LogP contribution in [-0.4, -0.2) is 321 Å². The van der Waals surface area contributed by atoms with Crippen LogP contribution in [0.5, 0.6) is 0 Å². The van der Waals surface area contributed by atoms with E-state index in [0.717, 1.165) is 13.8 Å². The first-order valence-corrected chi connectivity index (χ1v) is 22.9. The fraction of sp³-hybridized carbons (Fsp3) is 0.950. The number of amides is 2. The highest BCUT2D eigenvalue weighted by Crippen LogP contribution is 2.37. The molecule has 0 aromatic rings. The fourth-order valence-corrected chi connectivity index (χ4v) is 8.83. The van der Waals surface area contributed by atoms with Gasteiger partial charge in [-0.25, -0.2) is 0 Å². The standard InChI is InChI=1S/C40H70N2O30/c1-10-21(53)28(60)29(61)38(63-10)72-35-34(71-36-19(41-11(2)49)27(59)23(55)15(6-45)64-36)26(58)18(9-48)67-40(35)69-32-20(42-12(3)50)37(65-16(7-46)24(32)56)70-33-25(57)17(8-47)66-39(30(33)62)68-31(14(52)5-44)22(54)13(51)4-43/h10,13-40,43-48,51-62H,4-9H2,1-3H3,(H,41,49)(H,42,50)/t10-,13-,14+,15+,16+,17+,18+,19+,20+,21+,22+,23-,24+,25-,26-,27+,28+,29-,30+,31+,32+,33-,34-,35+,36+,37-,38-,39-,40-/m0/s1. The number of aliphatic hydroxyl groups excluding tert-OH is 18. The van der Waals surface area contributed by atoms with Gasteiger partial charge in [0.1, 0.15) is 140 Å². The molecule has 0 aliphatic carbocycles. The van der Waals surface area contributed by atoms with Crippen LogP contribution in [-0.2, 0) is 57.0 Å². The maximum Gasteiger partial charge on any atom is 0.217 e. The van der Waals surface area contributed by atoms with Crippen LogP contribution >= 0.6 is 0 Å². The first-order valence-electron chi connectivity index (χ1n) is 22.9. The monoisotopic (exact) mass is 1060 g/mol. The van der Waals surface area contributed by atoms with Crippen LogP contribution in [0.25, 0.3) is 0 Å². The predicted molar refractivity (Wildman–Crippen MR) is 223 cm³/mol. The molecular formula is C40H70N2O30. The summed E-state index contributed by atoms with van der Waals surface area (Å²) in [6.45, 7) is -3.05. The summed E-state index contributed by atoms with van der Waals surface area (Å²) in [7, 11) is 0. The Hall–Kier alpha value is -2.18. The molecule has 32 heteroatoms. The van der Waals surface area contributed by atoms with E-state index in [4.69, 9.17) is 47.4 Å². The van der Waals surface area contributed by atoms with Crippen molar-refractivity contribution >= 4 is 11.8 Å². The molecule has 29 atom stereocenters. The third kappa shape index (κ3) is 13.5. The SMILES string of the molecule is CC(=O)N[C@H]1[C@@H](O[C@H]2[C@@H](O)[C@@H](CO)O[C@@H](O[C@H]3[C@H](O)[C@@H](CO)O[C@@H](O[C@H]4[C@@H](O)[C@@H](CO)O[C@@H](O[C@@H]([C@H](O)[C@@H](O)CO)[C@H](O)CO)[C@@H]4O)[C@@H]3NC(C)=O)[C@@H]2O[C@@H]2O[C@@H](C)[C@@H](O)[C@@H](O)[C@@H]2O)O[C@H](CO)[C@H](O)[C@@H]1O. The predicted octanol–water partition coefficient (Wildman–Crippen LogP) is -13.1. The molecule has 2 amide bonds. The van der Waals surface area contributed by atoms with Crippen LogP contribution in [0.15, 0.2) is 0 Å². The molecule has 0 aromatic carbocycles. The highest BCUT2D eigenvalue weighted by Gasteiger charge is 2.58. The Bertz CT molecular complexity index is 1680. The summed E-state index contributed by atoms with van der Waals surface area (Å²) in [5, 5.41) is 196. The number of ether oxygens (including phenoxy) is 10. The summed E-state index contributed by atoms with van der Waals surface area (Å²) in [6.07, 6.45) is -53.0. The molecule has 5 heterocycles. The minimum Gasteiger partial charge on any atom is -0.394 e. The van der Waals surface area contributed by atoms with Gasteiger partial charge in [-0.05, 0) is 6.92 Å². The maximum atomic E-state index is 12.9. The number of hydrogen-bond donors (Lipinski definition) is 20. The Morgan fingerprint density at radius 1 is 0.444 bits per heavy atom. The molecule has 0 saturated carbocycles. The van der Waals surface area contributed by atoms with E-state index in [1.54, 1.807) is 0 Å². The second-order valence-electron chi connectivity index (χ2n) is 18.0. The van der Waals surface area contributed by atoms with Crippen molar-refractivity contribution in [2.75, 3.05) is 39.6 Å². The number of carbonyl (C=O) groups is 2. The van der Waals surface area contributed by atoms with Crippen molar-refractivity contribution in [2.24, 2.45) is 0 Å². The van der Waals surface area contributed by atoms with Gasteiger partial charge in [0.2, 0.25) is 11.8 Å². The zero-order chi connectivity index (χ0) is 53.6. The van der Waals surface area contributed by atoms with Gasteiger partial charge in [-0.3, -0.25) is 9.59 Å². The van der Waals surface area contributed by atoms with Crippen molar-refractivity contribution in [1.82, 2.24) is 10.6 Å². The van der Waals surface area contributed by atoms with Crippen LogP contribution in [0.1, 0.15) is 20.8 Å². The summed E-state index contributed by atoms with van der Waals surface area (Å²) in [4.78, 5) is 25.3. The lowest BCUT2D eigenvalue weighted by atomic mass is 9.93. The van der Waals surface area contributed by atoms with E-state index in [0.29, 0.717) is 0 Å². The number of aliphatic hydroxyl groups is 18. The van der Waals surface area contributed by atoms with Crippen LogP contribution in [0.3, 0.4) is 0 Å². The number of nitrogens with one attached hydrogen (secondary N) is 2. The maximum absolute atomic E-state index is 12.9. The summed E-state index contributed by atoms with van der Waals surface area (Å²) >= 11 is 0. The van der Waals surface area contributed by atoms with Gasteiger partial charge in [-0.15, -0.1) is 0 Å². The summed E-state index contributed by atoms with van der Waals surface area (Å²) in [5.74, 6) is -1.72. The van der Waals surface area contributed by atoms with E-state index >= 15 is 0 Å². The van der Waals surface area contributed by atoms with Gasteiger partial charge >= 0.3 is 0 Å². The molecule has 5 saturated heterocycles. The normalized spacial score (nSPS) is 45.7.